The first-order valence-corrected chi connectivity index (χ1v) is 21.9. The zero-order valence-electron chi connectivity index (χ0n) is 35.2. The molecular weight excluding hydrogens is 765 g/mol. The van der Waals surface area contributed by atoms with E-state index in [1.54, 1.807) is 47.1 Å². The van der Waals surface area contributed by atoms with Crippen molar-refractivity contribution in [3.8, 4) is 11.6 Å². The van der Waals surface area contributed by atoms with E-state index in [-0.39, 0.29) is 31.2 Å². The minimum atomic E-state index is -4.01. The number of carbonyl (C=O) groups is 4. The molecule has 58 heavy (non-hydrogen) atoms. The van der Waals surface area contributed by atoms with Crippen LogP contribution in [0.4, 0.5) is 10.5 Å². The number of amides is 4. The number of anilines is 1. The van der Waals surface area contributed by atoms with E-state index in [4.69, 9.17) is 14.2 Å². The van der Waals surface area contributed by atoms with Crippen molar-refractivity contribution in [2.45, 2.75) is 127 Å². The van der Waals surface area contributed by atoms with Gasteiger partial charge in [0.1, 0.15) is 35.1 Å². The summed E-state index contributed by atoms with van der Waals surface area (Å²) in [4.78, 5) is 65.0. The Morgan fingerprint density at radius 1 is 1.12 bits per heavy atom. The van der Waals surface area contributed by atoms with Crippen molar-refractivity contribution in [2.24, 2.45) is 17.8 Å². The molecule has 1 unspecified atom stereocenters. The molecule has 0 bridgehead atoms. The van der Waals surface area contributed by atoms with Gasteiger partial charge < -0.3 is 34.6 Å². The quantitative estimate of drug-likeness (QED) is 0.295. The van der Waals surface area contributed by atoms with E-state index in [0.29, 0.717) is 49.1 Å². The van der Waals surface area contributed by atoms with Crippen molar-refractivity contribution in [3.05, 3.63) is 36.5 Å². The number of ether oxygens (including phenoxy) is 3. The number of aromatic nitrogens is 1. The Labute approximate surface area is 342 Å². The number of hydrogen-bond donors (Lipinski definition) is 3. The third-order valence-corrected chi connectivity index (χ3v) is 14.2. The van der Waals surface area contributed by atoms with E-state index in [0.717, 1.165) is 17.5 Å². The molecule has 4 aliphatic rings. The molecule has 4 amide bonds. The molecule has 6 rings (SSSR count). The minimum absolute atomic E-state index is 0.0283. The summed E-state index contributed by atoms with van der Waals surface area (Å²) in [5.41, 5.74) is -1.53. The monoisotopic (exact) mass is 824 g/mol. The number of methoxy groups -OCH3 is 1. The van der Waals surface area contributed by atoms with Crippen molar-refractivity contribution in [1.82, 2.24) is 25.2 Å². The Morgan fingerprint density at radius 3 is 2.48 bits per heavy atom. The lowest BCUT2D eigenvalue weighted by Gasteiger charge is -2.34. The molecule has 2 saturated carbocycles. The van der Waals surface area contributed by atoms with Gasteiger partial charge in [0.05, 0.1) is 30.3 Å². The van der Waals surface area contributed by atoms with Gasteiger partial charge in [-0.1, -0.05) is 32.4 Å². The van der Waals surface area contributed by atoms with Gasteiger partial charge in [-0.2, -0.15) is 0 Å². The summed E-state index contributed by atoms with van der Waals surface area (Å²) in [5.74, 6) is -1.56. The highest BCUT2D eigenvalue weighted by Gasteiger charge is 2.63. The molecule has 318 valence electrons. The summed E-state index contributed by atoms with van der Waals surface area (Å²) in [6.07, 6.45) is 7.80. The fraction of sp³-hybridized carbons (Fsp3) is 0.643. The van der Waals surface area contributed by atoms with Crippen LogP contribution in [-0.4, -0.2) is 104 Å². The number of sulfonamides is 1. The van der Waals surface area contributed by atoms with Crippen LogP contribution in [0.2, 0.25) is 0 Å². The average Bonchev–Trinajstić information content (AvgIpc) is 4.03. The molecule has 7 atom stereocenters. The van der Waals surface area contributed by atoms with Gasteiger partial charge in [-0.25, -0.2) is 18.2 Å². The number of benzene rings is 1. The second kappa shape index (κ2) is 16.2. The number of alkyl carbamates (subject to hydrolysis) is 1. The van der Waals surface area contributed by atoms with Crippen molar-refractivity contribution >= 4 is 50.3 Å². The summed E-state index contributed by atoms with van der Waals surface area (Å²) < 4.78 is 45.5. The Balaban J connectivity index is 1.38. The van der Waals surface area contributed by atoms with Crippen molar-refractivity contribution in [1.29, 1.82) is 0 Å². The number of nitrogens with zero attached hydrogens (tertiary/aromatic N) is 3. The predicted molar refractivity (Wildman–Crippen MR) is 220 cm³/mol. The summed E-state index contributed by atoms with van der Waals surface area (Å²) in [6, 6.07) is 3.36. The number of rotatable bonds is 9. The number of pyridine rings is 1. The van der Waals surface area contributed by atoms with Crippen LogP contribution in [0.1, 0.15) is 92.9 Å². The molecule has 3 N–H and O–H groups in total. The van der Waals surface area contributed by atoms with Crippen LogP contribution in [0.15, 0.2) is 36.5 Å². The van der Waals surface area contributed by atoms with Crippen LogP contribution < -0.4 is 29.7 Å². The van der Waals surface area contributed by atoms with Gasteiger partial charge in [0, 0.05) is 37.2 Å². The second-order valence-corrected chi connectivity index (χ2v) is 20.2. The maximum absolute atomic E-state index is 15.0. The third-order valence-electron chi connectivity index (χ3n) is 12.1. The molecule has 2 aliphatic heterocycles. The van der Waals surface area contributed by atoms with Gasteiger partial charge >= 0.3 is 6.09 Å². The van der Waals surface area contributed by atoms with Crippen molar-refractivity contribution in [2.75, 3.05) is 32.6 Å². The molecule has 3 heterocycles. The van der Waals surface area contributed by atoms with Crippen LogP contribution in [0.5, 0.6) is 11.6 Å². The van der Waals surface area contributed by atoms with Gasteiger partial charge in [0.2, 0.25) is 27.7 Å². The van der Waals surface area contributed by atoms with Gasteiger partial charge in [-0.15, -0.1) is 0 Å². The topological polar surface area (TPSA) is 186 Å². The van der Waals surface area contributed by atoms with Gasteiger partial charge in [0.25, 0.3) is 5.91 Å². The zero-order chi connectivity index (χ0) is 42.4. The summed E-state index contributed by atoms with van der Waals surface area (Å²) in [6.45, 7) is 10.9. The lowest BCUT2D eigenvalue weighted by Crippen LogP contribution is -2.59. The Kier molecular flexibility index (Phi) is 12.0. The van der Waals surface area contributed by atoms with E-state index < -0.39 is 73.8 Å². The van der Waals surface area contributed by atoms with Gasteiger partial charge in [0.15, 0.2) is 0 Å². The molecule has 3 fully saturated rings. The van der Waals surface area contributed by atoms with Gasteiger partial charge in [-0.3, -0.25) is 19.1 Å². The molecule has 1 aromatic heterocycles. The Hall–Kier alpha value is -4.60. The largest absolute Gasteiger partial charge is 0.497 e. The molecular formula is C42H60N6O9S. The fourth-order valence-electron chi connectivity index (χ4n) is 8.17. The molecule has 1 saturated heterocycles. The first kappa shape index (κ1) is 43.0. The standard InChI is InChI=1S/C42H60N6O9S/c1-10-26-19-25(2)13-11-12-14-27-22-42(27,38(51)46-58(53,54)41(6)17-18-41)45-35(49)32-21-29(24-48(32)37(50)34(26)44-39(52)57-40(3,4)5)56-36-30-16-15-28(55-9)20-31(30)33(23-43-36)47(7)8/h12,14-16,20,23,25-27,29,32,34H,10-11,13,17-19,21-22,24H2,1-9H3,(H,44,52)(H,45,49)(H,46,51)/b14-12-/t25-,26-,27-,29-,32?,34+,42-/m1/s1. The zero-order valence-corrected chi connectivity index (χ0v) is 36.0. The summed E-state index contributed by atoms with van der Waals surface area (Å²) in [5, 5.41) is 7.33. The number of fused-ring (bicyclic) bond motifs is 3. The summed E-state index contributed by atoms with van der Waals surface area (Å²) in [7, 11) is 1.39. The first-order chi connectivity index (χ1) is 27.2. The van der Waals surface area contributed by atoms with Gasteiger partial charge in [-0.05, 0) is 96.3 Å². The minimum Gasteiger partial charge on any atom is -0.497 e. The molecule has 0 spiro atoms. The molecule has 0 radical (unpaired) electrons. The fourth-order valence-corrected chi connectivity index (χ4v) is 9.48. The SMILES string of the molecule is CC[C@@H]1C[C@H](C)CC/C=C\[C@@H]2C[C@@]2(C(=O)NS(=O)(=O)C2(C)CC2)NC(=O)C2C[C@@H](Oc3ncc(N(C)C)c4cc(OC)ccc34)CN2C(=O)[C@H]1NC(=O)OC(C)(C)C. The molecule has 2 aliphatic carbocycles. The third kappa shape index (κ3) is 9.01. The van der Waals surface area contributed by atoms with E-state index in [1.807, 2.05) is 50.2 Å². The number of nitrogens with one attached hydrogen (secondary N) is 3. The second-order valence-electron chi connectivity index (χ2n) is 18.0. The Bertz CT molecular complexity index is 2060. The van der Waals surface area contributed by atoms with E-state index in [9.17, 15) is 22.8 Å². The highest BCUT2D eigenvalue weighted by molar-refractivity contribution is 7.91. The maximum Gasteiger partial charge on any atom is 0.408 e. The maximum atomic E-state index is 15.0. The number of allylic oxidation sites excluding steroid dienone is 1. The van der Waals surface area contributed by atoms with Crippen molar-refractivity contribution < 1.29 is 41.8 Å². The van der Waals surface area contributed by atoms with Crippen LogP contribution in [0.3, 0.4) is 0 Å². The lowest BCUT2D eigenvalue weighted by atomic mass is 9.85. The first-order valence-electron chi connectivity index (χ1n) is 20.4. The van der Waals surface area contributed by atoms with E-state index in [2.05, 4.69) is 27.3 Å². The Morgan fingerprint density at radius 2 is 1.84 bits per heavy atom. The molecule has 16 heteroatoms. The van der Waals surface area contributed by atoms with Crippen LogP contribution in [-0.2, 0) is 29.1 Å². The van der Waals surface area contributed by atoms with Crippen molar-refractivity contribution in [3.63, 3.8) is 0 Å². The van der Waals surface area contributed by atoms with Crippen LogP contribution in [0.25, 0.3) is 10.8 Å². The predicted octanol–water partition coefficient (Wildman–Crippen LogP) is 4.83. The molecule has 1 aromatic carbocycles. The number of carbonyl (C=O) groups excluding carboxylic acids is 4. The van der Waals surface area contributed by atoms with E-state index in [1.165, 1.54) is 4.90 Å². The lowest BCUT2D eigenvalue weighted by molar-refractivity contribution is -0.142. The van der Waals surface area contributed by atoms with Crippen LogP contribution >= 0.6 is 0 Å². The average molecular weight is 825 g/mol. The smallest absolute Gasteiger partial charge is 0.408 e. The van der Waals surface area contributed by atoms with Crippen LogP contribution in [0, 0.1) is 17.8 Å². The van der Waals surface area contributed by atoms with E-state index >= 15 is 4.79 Å². The number of hydrogen-bond acceptors (Lipinski definition) is 11. The molecule has 2 aromatic rings. The molecule has 15 nitrogen and oxygen atoms in total. The normalized spacial score (nSPS) is 29.1. The highest BCUT2D eigenvalue weighted by Crippen LogP contribution is 2.48. The highest BCUT2D eigenvalue weighted by atomic mass is 32.2. The summed E-state index contributed by atoms with van der Waals surface area (Å²) >= 11 is 0.